The van der Waals surface area contributed by atoms with Gasteiger partial charge in [-0.3, -0.25) is 4.79 Å². The van der Waals surface area contributed by atoms with E-state index in [1.165, 1.54) is 18.4 Å². The van der Waals surface area contributed by atoms with Gasteiger partial charge in [0.1, 0.15) is 17.2 Å². The first-order chi connectivity index (χ1) is 9.69. The number of rotatable bonds is 6. The largest absolute Gasteiger partial charge is 0.497 e. The van der Waals surface area contributed by atoms with E-state index in [1.54, 1.807) is 30.7 Å². The van der Waals surface area contributed by atoms with Crippen molar-refractivity contribution in [2.24, 2.45) is 5.73 Å². The molecule has 0 saturated carbocycles. The molecule has 2 aromatic rings. The summed E-state index contributed by atoms with van der Waals surface area (Å²) in [5, 5.41) is 2.60. The standard InChI is InChI=1S/C14H16N2O3S/c1-18-9-3-4-12(19-2)10(7-9)14(17)11-8-20-13(16-11)5-6-15/h3-4,7-8H,5-6,15H2,1-2H3. The number of hydrogen-bond donors (Lipinski definition) is 1. The number of thiazole rings is 1. The molecule has 2 N–H and O–H groups in total. The number of ether oxygens (including phenoxy) is 2. The maximum absolute atomic E-state index is 12.5. The fourth-order valence-electron chi connectivity index (χ4n) is 1.78. The number of nitrogens with zero attached hydrogens (tertiary/aromatic N) is 1. The molecule has 0 bridgehead atoms. The third-order valence-electron chi connectivity index (χ3n) is 2.79. The summed E-state index contributed by atoms with van der Waals surface area (Å²) in [5.41, 5.74) is 6.33. The van der Waals surface area contributed by atoms with Crippen molar-refractivity contribution in [2.75, 3.05) is 20.8 Å². The summed E-state index contributed by atoms with van der Waals surface area (Å²) < 4.78 is 10.4. The first kappa shape index (κ1) is 14.5. The Labute approximate surface area is 121 Å². The maximum atomic E-state index is 12.5. The number of carbonyl (C=O) groups is 1. The molecule has 0 unspecified atom stereocenters. The van der Waals surface area contributed by atoms with Gasteiger partial charge in [0, 0.05) is 11.8 Å². The van der Waals surface area contributed by atoms with Crippen LogP contribution >= 0.6 is 11.3 Å². The summed E-state index contributed by atoms with van der Waals surface area (Å²) in [6.45, 7) is 0.517. The zero-order valence-electron chi connectivity index (χ0n) is 11.4. The number of aromatic nitrogens is 1. The molecule has 0 radical (unpaired) electrons. The van der Waals surface area contributed by atoms with Crippen molar-refractivity contribution in [3.05, 3.63) is 39.8 Å². The summed E-state index contributed by atoms with van der Waals surface area (Å²) in [5.74, 6) is 0.927. The van der Waals surface area contributed by atoms with Gasteiger partial charge in [0.15, 0.2) is 0 Å². The summed E-state index contributed by atoms with van der Waals surface area (Å²) in [7, 11) is 3.08. The van der Waals surface area contributed by atoms with Crippen molar-refractivity contribution >= 4 is 17.1 Å². The molecule has 2 rings (SSSR count). The molecular formula is C14H16N2O3S. The second-order valence-electron chi connectivity index (χ2n) is 4.06. The van der Waals surface area contributed by atoms with Crippen LogP contribution in [0.4, 0.5) is 0 Å². The van der Waals surface area contributed by atoms with Crippen LogP contribution in [0, 0.1) is 0 Å². The number of hydrogen-bond acceptors (Lipinski definition) is 6. The number of methoxy groups -OCH3 is 2. The van der Waals surface area contributed by atoms with Crippen molar-refractivity contribution in [1.82, 2.24) is 4.98 Å². The van der Waals surface area contributed by atoms with E-state index >= 15 is 0 Å². The van der Waals surface area contributed by atoms with E-state index in [4.69, 9.17) is 15.2 Å². The Morgan fingerprint density at radius 1 is 1.35 bits per heavy atom. The summed E-state index contributed by atoms with van der Waals surface area (Å²) >= 11 is 1.44. The topological polar surface area (TPSA) is 74.4 Å². The van der Waals surface area contributed by atoms with Gasteiger partial charge in [0.2, 0.25) is 5.78 Å². The minimum atomic E-state index is -0.180. The maximum Gasteiger partial charge on any atom is 0.216 e. The first-order valence-corrected chi connectivity index (χ1v) is 6.98. The molecule has 6 heteroatoms. The van der Waals surface area contributed by atoms with Crippen molar-refractivity contribution in [3.8, 4) is 11.5 Å². The van der Waals surface area contributed by atoms with Crippen molar-refractivity contribution < 1.29 is 14.3 Å². The third kappa shape index (κ3) is 2.97. The predicted octanol–water partition coefficient (Wildman–Crippen LogP) is 1.89. The van der Waals surface area contributed by atoms with Crippen LogP contribution in [-0.2, 0) is 6.42 Å². The van der Waals surface area contributed by atoms with E-state index in [0.29, 0.717) is 35.7 Å². The first-order valence-electron chi connectivity index (χ1n) is 6.10. The highest BCUT2D eigenvalue weighted by atomic mass is 32.1. The smallest absolute Gasteiger partial charge is 0.216 e. The van der Waals surface area contributed by atoms with Crippen molar-refractivity contribution in [2.45, 2.75) is 6.42 Å². The summed E-state index contributed by atoms with van der Waals surface area (Å²) in [6.07, 6.45) is 0.674. The molecule has 0 fully saturated rings. The lowest BCUT2D eigenvalue weighted by atomic mass is 10.1. The minimum Gasteiger partial charge on any atom is -0.497 e. The number of benzene rings is 1. The van der Waals surface area contributed by atoms with Gasteiger partial charge < -0.3 is 15.2 Å². The van der Waals surface area contributed by atoms with Crippen LogP contribution < -0.4 is 15.2 Å². The van der Waals surface area contributed by atoms with Gasteiger partial charge in [-0.15, -0.1) is 11.3 Å². The molecule has 0 aliphatic rings. The predicted molar refractivity (Wildman–Crippen MR) is 77.9 cm³/mol. The van der Waals surface area contributed by atoms with E-state index in [1.807, 2.05) is 0 Å². The lowest BCUT2D eigenvalue weighted by Gasteiger charge is -2.08. The molecule has 20 heavy (non-hydrogen) atoms. The zero-order chi connectivity index (χ0) is 14.5. The SMILES string of the molecule is COc1ccc(OC)c(C(=O)c2csc(CCN)n2)c1. The molecule has 106 valence electrons. The average molecular weight is 292 g/mol. The van der Waals surface area contributed by atoms with E-state index in [9.17, 15) is 4.79 Å². The Kier molecular flexibility index (Phi) is 4.70. The summed E-state index contributed by atoms with van der Waals surface area (Å²) in [4.78, 5) is 16.8. The molecule has 1 aromatic heterocycles. The van der Waals surface area contributed by atoms with Crippen LogP contribution in [0.5, 0.6) is 11.5 Å². The van der Waals surface area contributed by atoms with Gasteiger partial charge in [-0.25, -0.2) is 4.98 Å². The molecule has 0 aliphatic heterocycles. The van der Waals surface area contributed by atoms with Crippen LogP contribution in [0.2, 0.25) is 0 Å². The molecule has 0 saturated heterocycles. The second kappa shape index (κ2) is 6.49. The van der Waals surface area contributed by atoms with Gasteiger partial charge in [-0.05, 0) is 24.7 Å². The average Bonchev–Trinajstić information content (AvgIpc) is 2.94. The Balaban J connectivity index is 2.35. The highest BCUT2D eigenvalue weighted by Gasteiger charge is 2.18. The van der Waals surface area contributed by atoms with Crippen LogP contribution in [0.1, 0.15) is 21.1 Å². The van der Waals surface area contributed by atoms with Crippen molar-refractivity contribution in [1.29, 1.82) is 0 Å². The molecule has 0 atom stereocenters. The second-order valence-corrected chi connectivity index (χ2v) is 5.00. The van der Waals surface area contributed by atoms with Gasteiger partial charge in [0.25, 0.3) is 0 Å². The van der Waals surface area contributed by atoms with Gasteiger partial charge in [-0.2, -0.15) is 0 Å². The monoisotopic (exact) mass is 292 g/mol. The molecule has 0 aliphatic carbocycles. The Morgan fingerprint density at radius 3 is 2.80 bits per heavy atom. The third-order valence-corrected chi connectivity index (χ3v) is 3.70. The van der Waals surface area contributed by atoms with E-state index in [0.717, 1.165) is 5.01 Å². The fraction of sp³-hybridized carbons (Fsp3) is 0.286. The highest BCUT2D eigenvalue weighted by molar-refractivity contribution is 7.09. The molecule has 0 amide bonds. The number of ketones is 1. The van der Waals surface area contributed by atoms with Gasteiger partial charge >= 0.3 is 0 Å². The molecule has 5 nitrogen and oxygen atoms in total. The molecular weight excluding hydrogens is 276 g/mol. The number of carbonyl (C=O) groups excluding carboxylic acids is 1. The fourth-order valence-corrected chi connectivity index (χ4v) is 2.58. The lowest BCUT2D eigenvalue weighted by molar-refractivity contribution is 0.103. The summed E-state index contributed by atoms with van der Waals surface area (Å²) in [6, 6.07) is 5.11. The Hall–Kier alpha value is -1.92. The van der Waals surface area contributed by atoms with E-state index in [2.05, 4.69) is 4.98 Å². The Bertz CT molecular complexity index is 610. The number of nitrogens with two attached hydrogens (primary N) is 1. The normalized spacial score (nSPS) is 10.3. The van der Waals surface area contributed by atoms with Crippen LogP contribution in [0.15, 0.2) is 23.6 Å². The van der Waals surface area contributed by atoms with E-state index in [-0.39, 0.29) is 5.78 Å². The van der Waals surface area contributed by atoms with Gasteiger partial charge in [0.05, 0.1) is 24.8 Å². The van der Waals surface area contributed by atoms with Crippen LogP contribution in [0.25, 0.3) is 0 Å². The van der Waals surface area contributed by atoms with Crippen LogP contribution in [-0.4, -0.2) is 31.5 Å². The van der Waals surface area contributed by atoms with Crippen LogP contribution in [0.3, 0.4) is 0 Å². The molecule has 1 aromatic carbocycles. The molecule has 1 heterocycles. The highest BCUT2D eigenvalue weighted by Crippen LogP contribution is 2.26. The van der Waals surface area contributed by atoms with Crippen molar-refractivity contribution in [3.63, 3.8) is 0 Å². The minimum absolute atomic E-state index is 0.180. The zero-order valence-corrected chi connectivity index (χ0v) is 12.2. The Morgan fingerprint density at radius 2 is 2.15 bits per heavy atom. The quantitative estimate of drug-likeness (QED) is 0.823. The lowest BCUT2D eigenvalue weighted by Crippen LogP contribution is -2.06. The van der Waals surface area contributed by atoms with E-state index < -0.39 is 0 Å². The molecule has 0 spiro atoms. The van der Waals surface area contributed by atoms with Gasteiger partial charge in [-0.1, -0.05) is 0 Å².